The Hall–Kier alpha value is -3.54. The summed E-state index contributed by atoms with van der Waals surface area (Å²) in [6, 6.07) is 11.1. The highest BCUT2D eigenvalue weighted by Gasteiger charge is 2.38. The molecule has 0 N–H and O–H groups in total. The van der Waals surface area contributed by atoms with Crippen LogP contribution in [0.2, 0.25) is 0 Å². The summed E-state index contributed by atoms with van der Waals surface area (Å²) in [6.07, 6.45) is 1.68. The fraction of sp³-hybridized carbons (Fsp3) is 0.280. The molecule has 0 unspecified atom stereocenters. The second-order valence-corrected chi connectivity index (χ2v) is 7.26. The summed E-state index contributed by atoms with van der Waals surface area (Å²) in [5.74, 6) is 0.313. The van der Waals surface area contributed by atoms with E-state index in [-0.39, 0.29) is 23.7 Å². The molecule has 0 spiro atoms. The molecule has 2 aromatic rings. The van der Waals surface area contributed by atoms with Gasteiger partial charge in [-0.05, 0) is 74.7 Å². The Morgan fingerprint density at radius 1 is 0.968 bits per heavy atom. The molecule has 0 aliphatic carbocycles. The molecule has 31 heavy (non-hydrogen) atoms. The molecule has 0 fully saturated rings. The highest BCUT2D eigenvalue weighted by molar-refractivity contribution is 6.23. The Morgan fingerprint density at radius 3 is 2.29 bits per heavy atom. The van der Waals surface area contributed by atoms with Gasteiger partial charge in [0.15, 0.2) is 11.5 Å². The molecule has 1 heterocycles. The average Bonchev–Trinajstić information content (AvgIpc) is 2.99. The highest BCUT2D eigenvalue weighted by atomic mass is 16.5. The fourth-order valence-corrected chi connectivity index (χ4v) is 3.57. The number of anilines is 1. The summed E-state index contributed by atoms with van der Waals surface area (Å²) in [6.45, 7) is 7.72. The zero-order valence-corrected chi connectivity index (χ0v) is 18.7. The molecular formula is C25H27NO5. The lowest BCUT2D eigenvalue weighted by atomic mass is 10.0. The van der Waals surface area contributed by atoms with E-state index in [1.165, 1.54) is 0 Å². The zero-order valence-electron chi connectivity index (χ0n) is 18.7. The molecule has 1 aliphatic rings. The summed E-state index contributed by atoms with van der Waals surface area (Å²) in [7, 11) is 3.11. The van der Waals surface area contributed by atoms with E-state index < -0.39 is 5.97 Å². The van der Waals surface area contributed by atoms with Crippen LogP contribution < -0.4 is 14.4 Å². The first-order valence-electron chi connectivity index (χ1n) is 10.1. The first kappa shape index (κ1) is 22.2. The van der Waals surface area contributed by atoms with E-state index in [1.807, 2.05) is 32.0 Å². The molecule has 162 valence electrons. The molecule has 2 aromatic carbocycles. The topological polar surface area (TPSA) is 65.1 Å². The van der Waals surface area contributed by atoms with Crippen LogP contribution in [0, 0.1) is 13.8 Å². The Bertz CT molecular complexity index is 1100. The van der Waals surface area contributed by atoms with Gasteiger partial charge in [-0.2, -0.15) is 0 Å². The van der Waals surface area contributed by atoms with Crippen LogP contribution >= 0.6 is 0 Å². The van der Waals surface area contributed by atoms with Gasteiger partial charge in [0, 0.05) is 11.4 Å². The number of allylic oxidation sites excluding steroid dienone is 1. The van der Waals surface area contributed by atoms with Crippen LogP contribution in [0.25, 0.3) is 6.08 Å². The molecule has 6 heteroatoms. The van der Waals surface area contributed by atoms with Gasteiger partial charge in [-0.25, -0.2) is 4.79 Å². The Kier molecular flexibility index (Phi) is 6.49. The minimum atomic E-state index is -0.522. The first-order valence-corrected chi connectivity index (χ1v) is 10.1. The molecule has 1 aliphatic heterocycles. The van der Waals surface area contributed by atoms with Crippen molar-refractivity contribution in [2.24, 2.45) is 0 Å². The molecule has 3 rings (SSSR count). The van der Waals surface area contributed by atoms with Gasteiger partial charge in [0.2, 0.25) is 0 Å². The molecule has 0 radical (unpaired) electrons. The third-order valence-electron chi connectivity index (χ3n) is 5.35. The van der Waals surface area contributed by atoms with Crippen LogP contribution in [-0.4, -0.2) is 32.7 Å². The molecule has 0 atom stereocenters. The van der Waals surface area contributed by atoms with Gasteiger partial charge < -0.3 is 14.2 Å². The number of methoxy groups -OCH3 is 2. The number of hydrogen-bond acceptors (Lipinski definition) is 5. The average molecular weight is 421 g/mol. The number of aryl methyl sites for hydroxylation is 2. The number of nitrogens with zero attached hydrogens (tertiary/aromatic N) is 1. The molecule has 1 amide bonds. The molecule has 6 nitrogen and oxygen atoms in total. The van der Waals surface area contributed by atoms with Crippen molar-refractivity contribution in [3.05, 3.63) is 69.9 Å². The second kappa shape index (κ2) is 9.08. The maximum absolute atomic E-state index is 13.5. The summed E-state index contributed by atoms with van der Waals surface area (Å²) in [5.41, 5.74) is 4.69. The van der Waals surface area contributed by atoms with Crippen molar-refractivity contribution in [3.63, 3.8) is 0 Å². The van der Waals surface area contributed by atoms with Gasteiger partial charge in [0.1, 0.15) is 0 Å². The van der Waals surface area contributed by atoms with E-state index in [2.05, 4.69) is 0 Å². The molecular weight excluding hydrogens is 394 g/mol. The van der Waals surface area contributed by atoms with Crippen LogP contribution in [0.3, 0.4) is 0 Å². The van der Waals surface area contributed by atoms with Crippen molar-refractivity contribution < 1.29 is 23.8 Å². The number of rotatable bonds is 6. The Balaban J connectivity index is 2.14. The number of carbonyl (C=O) groups is 2. The molecule has 0 bridgehead atoms. The van der Waals surface area contributed by atoms with Crippen molar-refractivity contribution in [1.82, 2.24) is 0 Å². The van der Waals surface area contributed by atoms with E-state index in [9.17, 15) is 9.59 Å². The molecule has 0 saturated carbocycles. The number of hydrogen-bond donors (Lipinski definition) is 0. The standard InChI is InChI=1S/C25H27NO5/c1-7-31-25(28)23-17(4)26(19-10-8-15(2)16(3)12-19)24(27)20(23)13-18-9-11-21(29-5)22(14-18)30-6/h8-14H,7H2,1-6H3/b20-13+. The van der Waals surface area contributed by atoms with Gasteiger partial charge in [0.25, 0.3) is 5.91 Å². The van der Waals surface area contributed by atoms with E-state index >= 15 is 0 Å². The predicted molar refractivity (Wildman–Crippen MR) is 120 cm³/mol. The second-order valence-electron chi connectivity index (χ2n) is 7.26. The number of carbonyl (C=O) groups excluding carboxylic acids is 2. The lowest BCUT2D eigenvalue weighted by Crippen LogP contribution is -2.24. The van der Waals surface area contributed by atoms with E-state index in [0.717, 1.165) is 11.1 Å². The number of amides is 1. The van der Waals surface area contributed by atoms with E-state index in [4.69, 9.17) is 14.2 Å². The van der Waals surface area contributed by atoms with Gasteiger partial charge in [-0.3, -0.25) is 9.69 Å². The number of esters is 1. The summed E-state index contributed by atoms with van der Waals surface area (Å²) < 4.78 is 15.9. The third kappa shape index (κ3) is 4.19. The lowest BCUT2D eigenvalue weighted by Gasteiger charge is -2.19. The monoisotopic (exact) mass is 421 g/mol. The van der Waals surface area contributed by atoms with Crippen molar-refractivity contribution in [1.29, 1.82) is 0 Å². The van der Waals surface area contributed by atoms with Crippen LogP contribution in [0.1, 0.15) is 30.5 Å². The van der Waals surface area contributed by atoms with Gasteiger partial charge in [-0.15, -0.1) is 0 Å². The van der Waals surface area contributed by atoms with Crippen LogP contribution in [0.15, 0.2) is 53.2 Å². The maximum atomic E-state index is 13.5. The van der Waals surface area contributed by atoms with Crippen molar-refractivity contribution in [3.8, 4) is 11.5 Å². The minimum Gasteiger partial charge on any atom is -0.493 e. The van der Waals surface area contributed by atoms with Gasteiger partial charge in [-0.1, -0.05) is 12.1 Å². The molecule has 0 aromatic heterocycles. The van der Waals surface area contributed by atoms with Crippen molar-refractivity contribution >= 4 is 23.6 Å². The minimum absolute atomic E-state index is 0.219. The quantitative estimate of drug-likeness (QED) is 0.504. The molecule has 0 saturated heterocycles. The predicted octanol–water partition coefficient (Wildman–Crippen LogP) is 4.59. The number of benzene rings is 2. The van der Waals surface area contributed by atoms with Crippen LogP contribution in [0.4, 0.5) is 5.69 Å². The van der Waals surface area contributed by atoms with E-state index in [1.54, 1.807) is 57.2 Å². The Labute approximate surface area is 182 Å². The largest absolute Gasteiger partial charge is 0.493 e. The summed E-state index contributed by atoms with van der Waals surface area (Å²) >= 11 is 0. The van der Waals surface area contributed by atoms with Crippen LogP contribution in [0.5, 0.6) is 11.5 Å². The van der Waals surface area contributed by atoms with Gasteiger partial charge >= 0.3 is 5.97 Å². The summed E-state index contributed by atoms with van der Waals surface area (Å²) in [4.78, 5) is 27.8. The Morgan fingerprint density at radius 2 is 1.68 bits per heavy atom. The van der Waals surface area contributed by atoms with E-state index in [0.29, 0.717) is 28.4 Å². The number of ether oxygens (including phenoxy) is 3. The maximum Gasteiger partial charge on any atom is 0.340 e. The third-order valence-corrected chi connectivity index (χ3v) is 5.35. The zero-order chi connectivity index (χ0) is 22.7. The summed E-state index contributed by atoms with van der Waals surface area (Å²) in [5, 5.41) is 0. The first-order chi connectivity index (χ1) is 14.8. The highest BCUT2D eigenvalue weighted by Crippen LogP contribution is 2.37. The SMILES string of the molecule is CCOC(=O)C1=C(C)N(c2ccc(C)c(C)c2)C(=O)/C1=C/c1ccc(OC)c(OC)c1. The van der Waals surface area contributed by atoms with Gasteiger partial charge in [0.05, 0.1) is 32.0 Å². The lowest BCUT2D eigenvalue weighted by molar-refractivity contribution is -0.138. The van der Waals surface area contributed by atoms with Crippen LogP contribution in [-0.2, 0) is 14.3 Å². The normalized spacial score (nSPS) is 15.0. The van der Waals surface area contributed by atoms with Crippen molar-refractivity contribution in [2.75, 3.05) is 25.7 Å². The smallest absolute Gasteiger partial charge is 0.340 e. The fourth-order valence-electron chi connectivity index (χ4n) is 3.57. The van der Waals surface area contributed by atoms with Crippen molar-refractivity contribution in [2.45, 2.75) is 27.7 Å².